The Hall–Kier alpha value is -3.80. The minimum Gasteiger partial charge on any atom is -0.507 e. The molecule has 3 aromatic carbocycles. The van der Waals surface area contributed by atoms with Gasteiger partial charge in [-0.05, 0) is 29.0 Å². The molecule has 3 N–H and O–H groups in total. The summed E-state index contributed by atoms with van der Waals surface area (Å²) in [6.45, 7) is 0. The van der Waals surface area contributed by atoms with Gasteiger partial charge in [0.2, 0.25) is 5.88 Å². The summed E-state index contributed by atoms with van der Waals surface area (Å²) in [7, 11) is 1.75. The van der Waals surface area contributed by atoms with Crippen molar-refractivity contribution in [1.29, 1.82) is 0 Å². The minimum absolute atomic E-state index is 0.0581. The van der Waals surface area contributed by atoms with Crippen LogP contribution >= 0.6 is 0 Å². The predicted octanol–water partition coefficient (Wildman–Crippen LogP) is 3.51. The number of nitrogens with one attached hydrogen (secondary N) is 1. The van der Waals surface area contributed by atoms with E-state index >= 15 is 0 Å². The largest absolute Gasteiger partial charge is 0.507 e. The molecular weight excluding hydrogens is 342 g/mol. The number of fused-ring (bicyclic) bond motifs is 2. The van der Waals surface area contributed by atoms with Gasteiger partial charge in [0.1, 0.15) is 5.75 Å². The Morgan fingerprint density at radius 2 is 1.70 bits per heavy atom. The number of aromatic hydroxyl groups is 2. The summed E-state index contributed by atoms with van der Waals surface area (Å²) in [6.07, 6.45) is 1.40. The molecule has 6 heteroatoms. The molecule has 0 radical (unpaired) electrons. The maximum Gasteiger partial charge on any atom is 0.275 e. The summed E-state index contributed by atoms with van der Waals surface area (Å²) in [6, 6.07) is 18.1. The van der Waals surface area contributed by atoms with Gasteiger partial charge in [-0.15, -0.1) is 0 Å². The maximum absolute atomic E-state index is 12.4. The SMILES string of the molecule is Cn1c(O)c(C=NNC(=O)c2cc3ccccc3cc2O)c2ccccc21. The fourth-order valence-electron chi connectivity index (χ4n) is 3.16. The van der Waals surface area contributed by atoms with Crippen molar-refractivity contribution >= 4 is 33.8 Å². The summed E-state index contributed by atoms with van der Waals surface area (Å²) in [5.74, 6) is -0.591. The molecular formula is C21H17N3O3. The van der Waals surface area contributed by atoms with E-state index in [1.165, 1.54) is 6.21 Å². The van der Waals surface area contributed by atoms with Gasteiger partial charge >= 0.3 is 0 Å². The van der Waals surface area contributed by atoms with Crippen LogP contribution in [0.25, 0.3) is 21.7 Å². The number of carbonyl (C=O) groups is 1. The molecule has 0 bridgehead atoms. The molecule has 27 heavy (non-hydrogen) atoms. The van der Waals surface area contributed by atoms with Crippen LogP contribution in [-0.2, 0) is 7.05 Å². The lowest BCUT2D eigenvalue weighted by Gasteiger charge is -2.05. The molecule has 4 rings (SSSR count). The third kappa shape index (κ3) is 2.87. The summed E-state index contributed by atoms with van der Waals surface area (Å²) in [4.78, 5) is 12.4. The van der Waals surface area contributed by atoms with Gasteiger partial charge in [-0.2, -0.15) is 5.10 Å². The van der Waals surface area contributed by atoms with E-state index in [9.17, 15) is 15.0 Å². The van der Waals surface area contributed by atoms with E-state index in [2.05, 4.69) is 10.5 Å². The summed E-state index contributed by atoms with van der Waals surface area (Å²) < 4.78 is 1.65. The summed E-state index contributed by atoms with van der Waals surface area (Å²) in [5.41, 5.74) is 3.90. The van der Waals surface area contributed by atoms with Crippen LogP contribution in [0.15, 0.2) is 65.8 Å². The molecule has 1 amide bonds. The van der Waals surface area contributed by atoms with Gasteiger partial charge in [0, 0.05) is 12.4 Å². The number of hydrazone groups is 1. The number of hydrogen-bond donors (Lipinski definition) is 3. The molecule has 6 nitrogen and oxygen atoms in total. The molecule has 0 spiro atoms. The molecule has 0 fully saturated rings. The van der Waals surface area contributed by atoms with Crippen LogP contribution in [0.5, 0.6) is 11.6 Å². The van der Waals surface area contributed by atoms with Crippen molar-refractivity contribution < 1.29 is 15.0 Å². The predicted molar refractivity (Wildman–Crippen MR) is 105 cm³/mol. The number of aromatic nitrogens is 1. The van der Waals surface area contributed by atoms with Crippen molar-refractivity contribution in [3.63, 3.8) is 0 Å². The minimum atomic E-state index is -0.533. The van der Waals surface area contributed by atoms with E-state index in [-0.39, 0.29) is 17.2 Å². The second-order valence-corrected chi connectivity index (χ2v) is 6.23. The van der Waals surface area contributed by atoms with E-state index in [4.69, 9.17) is 0 Å². The highest BCUT2D eigenvalue weighted by Gasteiger charge is 2.14. The number of phenolic OH excluding ortho intramolecular Hbond substituents is 1. The Bertz CT molecular complexity index is 1210. The Kier molecular flexibility index (Phi) is 4.01. The van der Waals surface area contributed by atoms with Gasteiger partial charge in [0.25, 0.3) is 5.91 Å². The van der Waals surface area contributed by atoms with E-state index in [0.717, 1.165) is 21.7 Å². The Morgan fingerprint density at radius 1 is 1.04 bits per heavy atom. The highest BCUT2D eigenvalue weighted by molar-refractivity contribution is 6.04. The van der Waals surface area contributed by atoms with Crippen molar-refractivity contribution in [2.75, 3.05) is 0 Å². The zero-order valence-electron chi connectivity index (χ0n) is 14.5. The summed E-state index contributed by atoms with van der Waals surface area (Å²) >= 11 is 0. The van der Waals surface area contributed by atoms with E-state index < -0.39 is 5.91 Å². The normalized spacial score (nSPS) is 11.4. The molecule has 4 aromatic rings. The van der Waals surface area contributed by atoms with Gasteiger partial charge in [-0.25, -0.2) is 5.43 Å². The van der Waals surface area contributed by atoms with Gasteiger partial charge in [0.05, 0.1) is 22.9 Å². The first-order chi connectivity index (χ1) is 13.1. The van der Waals surface area contributed by atoms with Crippen LogP contribution in [0.2, 0.25) is 0 Å². The van der Waals surface area contributed by atoms with Crippen molar-refractivity contribution in [1.82, 2.24) is 9.99 Å². The molecule has 0 saturated heterocycles. The highest BCUT2D eigenvalue weighted by Crippen LogP contribution is 2.28. The van der Waals surface area contributed by atoms with E-state index in [1.807, 2.05) is 48.5 Å². The van der Waals surface area contributed by atoms with Gasteiger partial charge in [0.15, 0.2) is 0 Å². The number of para-hydroxylation sites is 1. The topological polar surface area (TPSA) is 86.9 Å². The first-order valence-corrected chi connectivity index (χ1v) is 8.38. The zero-order chi connectivity index (χ0) is 19.0. The van der Waals surface area contributed by atoms with E-state index in [0.29, 0.717) is 5.56 Å². The molecule has 0 aliphatic rings. The van der Waals surface area contributed by atoms with E-state index in [1.54, 1.807) is 23.7 Å². The monoisotopic (exact) mass is 359 g/mol. The third-order valence-corrected chi connectivity index (χ3v) is 4.58. The first kappa shape index (κ1) is 16.7. The standard InChI is InChI=1S/C21H17N3O3/c1-24-18-9-5-4-8-15(18)17(21(24)27)12-22-23-20(26)16-10-13-6-2-3-7-14(13)11-19(16)25/h2-12,25,27H,1H3,(H,23,26). The molecule has 0 atom stereocenters. The quantitative estimate of drug-likeness (QED) is 0.386. The smallest absolute Gasteiger partial charge is 0.275 e. The lowest BCUT2D eigenvalue weighted by molar-refractivity contribution is 0.0952. The van der Waals surface area contributed by atoms with Crippen molar-refractivity contribution in [2.45, 2.75) is 0 Å². The number of nitrogens with zero attached hydrogens (tertiary/aromatic N) is 2. The Morgan fingerprint density at radius 3 is 2.48 bits per heavy atom. The fraction of sp³-hybridized carbons (Fsp3) is 0.0476. The average molecular weight is 359 g/mol. The number of rotatable bonds is 3. The maximum atomic E-state index is 12.4. The van der Waals surface area contributed by atoms with Gasteiger partial charge in [-0.1, -0.05) is 42.5 Å². The number of benzene rings is 3. The lowest BCUT2D eigenvalue weighted by atomic mass is 10.1. The number of hydrogen-bond acceptors (Lipinski definition) is 4. The number of amides is 1. The lowest BCUT2D eigenvalue weighted by Crippen LogP contribution is -2.17. The number of carbonyl (C=O) groups excluding carboxylic acids is 1. The zero-order valence-corrected chi connectivity index (χ0v) is 14.5. The van der Waals surface area contributed by atoms with Crippen molar-refractivity contribution in [3.05, 3.63) is 71.8 Å². The van der Waals surface area contributed by atoms with Crippen LogP contribution in [0.1, 0.15) is 15.9 Å². The highest BCUT2D eigenvalue weighted by atomic mass is 16.3. The van der Waals surface area contributed by atoms with Crippen LogP contribution < -0.4 is 5.43 Å². The summed E-state index contributed by atoms with van der Waals surface area (Å²) in [5, 5.41) is 26.9. The second-order valence-electron chi connectivity index (χ2n) is 6.23. The van der Waals surface area contributed by atoms with Gasteiger partial charge in [-0.3, -0.25) is 4.79 Å². The molecule has 0 aliphatic carbocycles. The van der Waals surface area contributed by atoms with Crippen LogP contribution in [0.3, 0.4) is 0 Å². The average Bonchev–Trinajstić information content (AvgIpc) is 2.92. The van der Waals surface area contributed by atoms with Crippen LogP contribution in [0, 0.1) is 0 Å². The Labute approximate surface area is 155 Å². The third-order valence-electron chi connectivity index (χ3n) is 4.58. The number of aryl methyl sites for hydroxylation is 1. The molecule has 134 valence electrons. The molecule has 0 saturated carbocycles. The van der Waals surface area contributed by atoms with Crippen molar-refractivity contribution in [3.8, 4) is 11.6 Å². The molecule has 1 heterocycles. The molecule has 1 aromatic heterocycles. The first-order valence-electron chi connectivity index (χ1n) is 8.38. The fourth-order valence-corrected chi connectivity index (χ4v) is 3.16. The second kappa shape index (κ2) is 6.49. The van der Waals surface area contributed by atoms with Gasteiger partial charge < -0.3 is 14.8 Å². The molecule has 0 aliphatic heterocycles. The number of phenols is 1. The van der Waals surface area contributed by atoms with Crippen molar-refractivity contribution in [2.24, 2.45) is 12.1 Å². The van der Waals surface area contributed by atoms with Crippen LogP contribution in [-0.4, -0.2) is 26.9 Å². The Balaban J connectivity index is 1.62. The van der Waals surface area contributed by atoms with Crippen LogP contribution in [0.4, 0.5) is 0 Å². The molecule has 0 unspecified atom stereocenters.